The predicted octanol–water partition coefficient (Wildman–Crippen LogP) is 3.53. The van der Waals surface area contributed by atoms with Crippen LogP contribution in [0.2, 0.25) is 5.02 Å². The van der Waals surface area contributed by atoms with Gasteiger partial charge in [0.1, 0.15) is 17.3 Å². The maximum atomic E-state index is 11.6. The molecule has 0 bridgehead atoms. The zero-order valence-corrected chi connectivity index (χ0v) is 13.4. The van der Waals surface area contributed by atoms with Crippen LogP contribution in [0.15, 0.2) is 44.3 Å². The van der Waals surface area contributed by atoms with Gasteiger partial charge in [-0.1, -0.05) is 27.5 Å². The summed E-state index contributed by atoms with van der Waals surface area (Å²) in [4.78, 5) is 11.6. The lowest BCUT2D eigenvalue weighted by Crippen LogP contribution is -2.24. The standard InChI is InChI=1S/C14H12BrClN2O3/c1-9-2-4-11(21-9)7-17-18-14(19)8-20-13-5-3-10(15)6-12(13)16/h2-7H,8H2,1H3,(H,18,19)/b17-7+. The number of carbonyl (C=O) groups is 1. The van der Waals surface area contributed by atoms with E-state index in [1.165, 1.54) is 6.21 Å². The van der Waals surface area contributed by atoms with Gasteiger partial charge in [0.25, 0.3) is 5.91 Å². The lowest BCUT2D eigenvalue weighted by molar-refractivity contribution is -0.123. The van der Waals surface area contributed by atoms with Gasteiger partial charge >= 0.3 is 0 Å². The number of rotatable bonds is 5. The highest BCUT2D eigenvalue weighted by molar-refractivity contribution is 9.10. The van der Waals surface area contributed by atoms with E-state index in [1.807, 2.05) is 13.0 Å². The highest BCUT2D eigenvalue weighted by atomic mass is 79.9. The van der Waals surface area contributed by atoms with E-state index in [1.54, 1.807) is 24.3 Å². The molecule has 0 atom stereocenters. The molecule has 0 fully saturated rings. The van der Waals surface area contributed by atoms with Gasteiger partial charge in [-0.25, -0.2) is 5.43 Å². The maximum Gasteiger partial charge on any atom is 0.277 e. The number of hydrogen-bond acceptors (Lipinski definition) is 4. The number of ether oxygens (including phenoxy) is 1. The molecule has 0 unspecified atom stereocenters. The minimum atomic E-state index is -0.395. The van der Waals surface area contributed by atoms with Crippen molar-refractivity contribution in [2.24, 2.45) is 5.10 Å². The molecular weight excluding hydrogens is 360 g/mol. The van der Waals surface area contributed by atoms with Crippen molar-refractivity contribution in [2.75, 3.05) is 6.61 Å². The number of hydrogen-bond donors (Lipinski definition) is 1. The number of hydrazone groups is 1. The second-order valence-electron chi connectivity index (χ2n) is 4.11. The molecule has 1 heterocycles. The van der Waals surface area contributed by atoms with Crippen LogP contribution in [-0.4, -0.2) is 18.7 Å². The molecule has 21 heavy (non-hydrogen) atoms. The van der Waals surface area contributed by atoms with Crippen molar-refractivity contribution in [2.45, 2.75) is 6.92 Å². The van der Waals surface area contributed by atoms with Gasteiger partial charge in [0.15, 0.2) is 6.61 Å². The number of carbonyl (C=O) groups excluding carboxylic acids is 1. The largest absolute Gasteiger partial charge is 0.482 e. The van der Waals surface area contributed by atoms with Gasteiger partial charge in [0.2, 0.25) is 0 Å². The highest BCUT2D eigenvalue weighted by Crippen LogP contribution is 2.27. The Hall–Kier alpha value is -1.79. The van der Waals surface area contributed by atoms with Gasteiger partial charge in [-0.15, -0.1) is 0 Å². The fourth-order valence-corrected chi connectivity index (χ4v) is 2.19. The van der Waals surface area contributed by atoms with Crippen molar-refractivity contribution in [3.05, 3.63) is 51.3 Å². The molecule has 0 aliphatic heterocycles. The molecule has 1 aromatic heterocycles. The summed E-state index contributed by atoms with van der Waals surface area (Å²) in [6, 6.07) is 8.70. The van der Waals surface area contributed by atoms with E-state index >= 15 is 0 Å². The number of amides is 1. The molecule has 0 saturated heterocycles. The van der Waals surface area contributed by atoms with Crippen molar-refractivity contribution in [1.29, 1.82) is 0 Å². The third-order valence-corrected chi connectivity index (χ3v) is 3.18. The third kappa shape index (κ3) is 4.91. The summed E-state index contributed by atoms with van der Waals surface area (Å²) in [7, 11) is 0. The quantitative estimate of drug-likeness (QED) is 0.646. The van der Waals surface area contributed by atoms with Gasteiger partial charge in [0.05, 0.1) is 11.2 Å². The molecule has 7 heteroatoms. The minimum Gasteiger partial charge on any atom is -0.482 e. The third-order valence-electron chi connectivity index (χ3n) is 2.39. The molecule has 1 amide bonds. The number of furan rings is 1. The van der Waals surface area contributed by atoms with Crippen molar-refractivity contribution < 1.29 is 13.9 Å². The number of benzene rings is 1. The Kier molecular flexibility index (Phi) is 5.41. The number of halogens is 2. The molecule has 0 aliphatic carbocycles. The Morgan fingerprint density at radius 1 is 1.48 bits per heavy atom. The van der Waals surface area contributed by atoms with Gasteiger partial charge in [-0.2, -0.15) is 5.10 Å². The molecular formula is C14H12BrClN2O3. The van der Waals surface area contributed by atoms with Crippen LogP contribution in [0.4, 0.5) is 0 Å². The van der Waals surface area contributed by atoms with Crippen LogP contribution >= 0.6 is 27.5 Å². The zero-order valence-electron chi connectivity index (χ0n) is 11.1. The van der Waals surface area contributed by atoms with E-state index in [0.717, 1.165) is 10.2 Å². The molecule has 0 spiro atoms. The predicted molar refractivity (Wildman–Crippen MR) is 83.8 cm³/mol. The molecule has 2 rings (SSSR count). The maximum absolute atomic E-state index is 11.6. The Balaban J connectivity index is 1.81. The van der Waals surface area contributed by atoms with E-state index in [-0.39, 0.29) is 6.61 Å². The molecule has 5 nitrogen and oxygen atoms in total. The van der Waals surface area contributed by atoms with Crippen LogP contribution in [0.3, 0.4) is 0 Å². The molecule has 1 N–H and O–H groups in total. The van der Waals surface area contributed by atoms with E-state index < -0.39 is 5.91 Å². The summed E-state index contributed by atoms with van der Waals surface area (Å²) in [5.74, 6) is 1.37. The van der Waals surface area contributed by atoms with Crippen LogP contribution in [0, 0.1) is 6.92 Å². The first-order valence-corrected chi connectivity index (χ1v) is 7.18. The summed E-state index contributed by atoms with van der Waals surface area (Å²) in [6.07, 6.45) is 1.41. The second-order valence-corrected chi connectivity index (χ2v) is 5.43. The van der Waals surface area contributed by atoms with Gasteiger partial charge < -0.3 is 9.15 Å². The van der Waals surface area contributed by atoms with Crippen LogP contribution in [0.1, 0.15) is 11.5 Å². The SMILES string of the molecule is Cc1ccc(/C=N/NC(=O)COc2ccc(Br)cc2Cl)o1. The van der Waals surface area contributed by atoms with Crippen LogP contribution < -0.4 is 10.2 Å². The number of nitrogens with zero attached hydrogens (tertiary/aromatic N) is 1. The highest BCUT2D eigenvalue weighted by Gasteiger charge is 2.05. The minimum absolute atomic E-state index is 0.185. The fourth-order valence-electron chi connectivity index (χ4n) is 1.46. The first kappa shape index (κ1) is 15.6. The van der Waals surface area contributed by atoms with Crippen LogP contribution in [-0.2, 0) is 4.79 Å². The summed E-state index contributed by atoms with van der Waals surface area (Å²) < 4.78 is 11.4. The molecule has 0 radical (unpaired) electrons. The van der Waals surface area contributed by atoms with E-state index in [0.29, 0.717) is 16.5 Å². The summed E-state index contributed by atoms with van der Waals surface area (Å²) >= 11 is 9.26. The Labute approximate surface area is 135 Å². The molecule has 110 valence electrons. The van der Waals surface area contributed by atoms with E-state index in [2.05, 4.69) is 26.5 Å². The van der Waals surface area contributed by atoms with Crippen molar-refractivity contribution in [3.8, 4) is 5.75 Å². The molecule has 0 aliphatic rings. The first-order valence-electron chi connectivity index (χ1n) is 6.01. The van der Waals surface area contributed by atoms with Gasteiger partial charge in [-0.3, -0.25) is 4.79 Å². The molecule has 1 aromatic carbocycles. The summed E-state index contributed by atoms with van der Waals surface area (Å²) in [6.45, 7) is 1.64. The van der Waals surface area contributed by atoms with Crippen molar-refractivity contribution in [3.63, 3.8) is 0 Å². The smallest absolute Gasteiger partial charge is 0.277 e. The average Bonchev–Trinajstić information content (AvgIpc) is 2.83. The van der Waals surface area contributed by atoms with Gasteiger partial charge in [-0.05, 0) is 37.3 Å². The van der Waals surface area contributed by atoms with Crippen LogP contribution in [0.25, 0.3) is 0 Å². The normalized spacial score (nSPS) is 10.8. The fraction of sp³-hybridized carbons (Fsp3) is 0.143. The second kappa shape index (κ2) is 7.28. The zero-order chi connectivity index (χ0) is 15.2. The topological polar surface area (TPSA) is 63.8 Å². The first-order chi connectivity index (χ1) is 10.0. The summed E-state index contributed by atoms with van der Waals surface area (Å²) in [5.41, 5.74) is 2.33. The van der Waals surface area contributed by atoms with E-state index in [9.17, 15) is 4.79 Å². The molecule has 0 saturated carbocycles. The monoisotopic (exact) mass is 370 g/mol. The Bertz CT molecular complexity index is 670. The van der Waals surface area contributed by atoms with E-state index in [4.69, 9.17) is 20.8 Å². The molecule has 2 aromatic rings. The van der Waals surface area contributed by atoms with Crippen molar-refractivity contribution >= 4 is 39.7 Å². The average molecular weight is 372 g/mol. The van der Waals surface area contributed by atoms with Crippen LogP contribution in [0.5, 0.6) is 5.75 Å². The van der Waals surface area contributed by atoms with Gasteiger partial charge in [0, 0.05) is 4.47 Å². The van der Waals surface area contributed by atoms with Crippen molar-refractivity contribution in [1.82, 2.24) is 5.43 Å². The summed E-state index contributed by atoms with van der Waals surface area (Å²) in [5, 5.41) is 4.19. The number of aryl methyl sites for hydroxylation is 1. The number of nitrogens with one attached hydrogen (secondary N) is 1. The lowest BCUT2D eigenvalue weighted by atomic mass is 10.3. The Morgan fingerprint density at radius 2 is 2.29 bits per heavy atom. The lowest BCUT2D eigenvalue weighted by Gasteiger charge is -2.06. The Morgan fingerprint density at radius 3 is 2.95 bits per heavy atom.